The molecule has 0 radical (unpaired) electrons. The highest BCUT2D eigenvalue weighted by Gasteiger charge is 2.20. The van der Waals surface area contributed by atoms with Crippen LogP contribution in [0.15, 0.2) is 23.2 Å². The van der Waals surface area contributed by atoms with Crippen LogP contribution in [0.2, 0.25) is 0 Å². The van der Waals surface area contributed by atoms with Gasteiger partial charge < -0.3 is 20.3 Å². The van der Waals surface area contributed by atoms with Gasteiger partial charge in [0, 0.05) is 31.2 Å². The number of likely N-dealkylation sites (N-methyl/N-ethyl adjacent to an activating group) is 1. The molecule has 138 valence electrons. The van der Waals surface area contributed by atoms with Crippen LogP contribution >= 0.6 is 24.0 Å². The summed E-state index contributed by atoms with van der Waals surface area (Å²) in [4.78, 5) is 6.49. The summed E-state index contributed by atoms with van der Waals surface area (Å²) in [7, 11) is 5.95. The van der Waals surface area contributed by atoms with Crippen molar-refractivity contribution >= 4 is 29.9 Å². The van der Waals surface area contributed by atoms with Gasteiger partial charge in [-0.3, -0.25) is 4.99 Å². The summed E-state index contributed by atoms with van der Waals surface area (Å²) in [6, 6.07) is 6.28. The first-order valence-corrected chi connectivity index (χ1v) is 8.14. The number of ether oxygens (including phenoxy) is 1. The SMILES string of the molecule is CCOc1cc(C)ccc1CNC(=NC)NCC(C)(C)N(C)C.I. The summed E-state index contributed by atoms with van der Waals surface area (Å²) >= 11 is 0. The lowest BCUT2D eigenvalue weighted by atomic mass is 10.0. The number of rotatable bonds is 7. The quantitative estimate of drug-likeness (QED) is 0.383. The Labute approximate surface area is 164 Å². The van der Waals surface area contributed by atoms with Gasteiger partial charge in [-0.1, -0.05) is 12.1 Å². The minimum Gasteiger partial charge on any atom is -0.494 e. The van der Waals surface area contributed by atoms with Crippen molar-refractivity contribution in [2.75, 3.05) is 34.3 Å². The monoisotopic (exact) mass is 448 g/mol. The molecule has 0 aromatic heterocycles. The van der Waals surface area contributed by atoms with Gasteiger partial charge in [-0.05, 0) is 53.4 Å². The van der Waals surface area contributed by atoms with Gasteiger partial charge in [0.15, 0.2) is 5.96 Å². The number of aryl methyl sites for hydroxylation is 1. The van der Waals surface area contributed by atoms with Crippen LogP contribution in [0.4, 0.5) is 0 Å². The third-order valence-corrected chi connectivity index (χ3v) is 4.09. The topological polar surface area (TPSA) is 48.9 Å². The zero-order valence-corrected chi connectivity index (χ0v) is 18.4. The first-order valence-electron chi connectivity index (χ1n) is 8.14. The normalized spacial score (nSPS) is 11.9. The Hall–Kier alpha value is -1.02. The molecular weight excluding hydrogens is 415 g/mol. The van der Waals surface area contributed by atoms with Crippen LogP contribution in [0.5, 0.6) is 5.75 Å². The molecule has 1 aromatic carbocycles. The van der Waals surface area contributed by atoms with E-state index in [1.54, 1.807) is 7.05 Å². The summed E-state index contributed by atoms with van der Waals surface area (Å²) in [6.45, 7) is 10.6. The van der Waals surface area contributed by atoms with E-state index < -0.39 is 0 Å². The summed E-state index contributed by atoms with van der Waals surface area (Å²) in [5.41, 5.74) is 2.39. The molecule has 0 aliphatic heterocycles. The summed E-state index contributed by atoms with van der Waals surface area (Å²) in [5.74, 6) is 1.73. The van der Waals surface area contributed by atoms with E-state index in [1.807, 2.05) is 6.92 Å². The largest absolute Gasteiger partial charge is 0.494 e. The van der Waals surface area contributed by atoms with Crippen LogP contribution in [0.1, 0.15) is 31.9 Å². The number of hydrogen-bond donors (Lipinski definition) is 2. The van der Waals surface area contributed by atoms with Gasteiger partial charge in [-0.15, -0.1) is 24.0 Å². The van der Waals surface area contributed by atoms with Crippen LogP contribution in [-0.2, 0) is 6.54 Å². The molecule has 0 aliphatic rings. The number of benzene rings is 1. The Bertz CT molecular complexity index is 530. The summed E-state index contributed by atoms with van der Waals surface area (Å²) in [5, 5.41) is 6.74. The molecule has 0 saturated carbocycles. The van der Waals surface area contributed by atoms with Crippen molar-refractivity contribution in [2.45, 2.75) is 39.8 Å². The molecule has 0 heterocycles. The zero-order chi connectivity index (χ0) is 17.5. The second-order valence-corrected chi connectivity index (χ2v) is 6.53. The van der Waals surface area contributed by atoms with E-state index in [0.717, 1.165) is 23.8 Å². The molecule has 0 fully saturated rings. The average Bonchev–Trinajstić information content (AvgIpc) is 2.49. The van der Waals surface area contributed by atoms with Gasteiger partial charge in [0.25, 0.3) is 0 Å². The van der Waals surface area contributed by atoms with E-state index in [9.17, 15) is 0 Å². The van der Waals surface area contributed by atoms with E-state index in [4.69, 9.17) is 4.74 Å². The van der Waals surface area contributed by atoms with Crippen molar-refractivity contribution in [2.24, 2.45) is 4.99 Å². The van der Waals surface area contributed by atoms with Gasteiger partial charge >= 0.3 is 0 Å². The molecule has 0 bridgehead atoms. The minimum atomic E-state index is 0. The Morgan fingerprint density at radius 1 is 1.25 bits per heavy atom. The maximum Gasteiger partial charge on any atom is 0.191 e. The fraction of sp³-hybridized carbons (Fsp3) is 0.611. The van der Waals surface area contributed by atoms with Crippen LogP contribution in [-0.4, -0.2) is 50.7 Å². The number of aliphatic imine (C=N–C) groups is 1. The predicted octanol–water partition coefficient (Wildman–Crippen LogP) is 3.02. The molecule has 24 heavy (non-hydrogen) atoms. The van der Waals surface area contributed by atoms with Crippen molar-refractivity contribution < 1.29 is 4.74 Å². The zero-order valence-electron chi connectivity index (χ0n) is 16.1. The van der Waals surface area contributed by atoms with Gasteiger partial charge in [0.2, 0.25) is 0 Å². The van der Waals surface area contributed by atoms with Gasteiger partial charge in [-0.2, -0.15) is 0 Å². The number of guanidine groups is 1. The molecule has 2 N–H and O–H groups in total. The lowest BCUT2D eigenvalue weighted by Crippen LogP contribution is -2.50. The first kappa shape index (κ1) is 23.0. The smallest absolute Gasteiger partial charge is 0.191 e. The van der Waals surface area contributed by atoms with Crippen molar-refractivity contribution in [3.8, 4) is 5.75 Å². The minimum absolute atomic E-state index is 0. The second-order valence-electron chi connectivity index (χ2n) is 6.53. The Kier molecular flexibility index (Phi) is 10.3. The Morgan fingerprint density at radius 2 is 1.92 bits per heavy atom. The molecular formula is C18H33IN4O. The molecule has 0 amide bonds. The molecule has 0 saturated heterocycles. The lowest BCUT2D eigenvalue weighted by Gasteiger charge is -2.33. The highest BCUT2D eigenvalue weighted by atomic mass is 127. The number of nitrogens with zero attached hydrogens (tertiary/aromatic N) is 2. The molecule has 6 heteroatoms. The fourth-order valence-corrected chi connectivity index (χ4v) is 1.96. The second kappa shape index (κ2) is 10.8. The first-order chi connectivity index (χ1) is 10.8. The van der Waals surface area contributed by atoms with Crippen LogP contribution in [0, 0.1) is 6.92 Å². The average molecular weight is 448 g/mol. The van der Waals surface area contributed by atoms with Crippen molar-refractivity contribution in [1.82, 2.24) is 15.5 Å². The van der Waals surface area contributed by atoms with Crippen molar-refractivity contribution in [3.05, 3.63) is 29.3 Å². The third-order valence-electron chi connectivity index (χ3n) is 4.09. The van der Waals surface area contributed by atoms with Gasteiger partial charge in [0.05, 0.1) is 6.61 Å². The van der Waals surface area contributed by atoms with Crippen LogP contribution < -0.4 is 15.4 Å². The lowest BCUT2D eigenvalue weighted by molar-refractivity contribution is 0.197. The number of halogens is 1. The van der Waals surface area contributed by atoms with E-state index in [1.165, 1.54) is 5.56 Å². The summed E-state index contributed by atoms with van der Waals surface area (Å²) < 4.78 is 5.72. The molecule has 0 spiro atoms. The Morgan fingerprint density at radius 3 is 2.46 bits per heavy atom. The highest BCUT2D eigenvalue weighted by Crippen LogP contribution is 2.20. The summed E-state index contributed by atoms with van der Waals surface area (Å²) in [6.07, 6.45) is 0. The van der Waals surface area contributed by atoms with E-state index >= 15 is 0 Å². The van der Waals surface area contributed by atoms with Gasteiger partial charge in [-0.25, -0.2) is 0 Å². The number of hydrogen-bond acceptors (Lipinski definition) is 3. The van der Waals surface area contributed by atoms with Crippen LogP contribution in [0.25, 0.3) is 0 Å². The van der Waals surface area contributed by atoms with Gasteiger partial charge in [0.1, 0.15) is 5.75 Å². The molecule has 5 nitrogen and oxygen atoms in total. The predicted molar refractivity (Wildman–Crippen MR) is 114 cm³/mol. The highest BCUT2D eigenvalue weighted by molar-refractivity contribution is 14.0. The number of nitrogens with one attached hydrogen (secondary N) is 2. The Balaban J connectivity index is 0.00000529. The van der Waals surface area contributed by atoms with Crippen molar-refractivity contribution in [3.63, 3.8) is 0 Å². The molecule has 0 unspecified atom stereocenters. The maximum absolute atomic E-state index is 5.72. The van der Waals surface area contributed by atoms with E-state index in [-0.39, 0.29) is 29.5 Å². The molecule has 1 aromatic rings. The molecule has 0 atom stereocenters. The standard InChI is InChI=1S/C18H32N4O.HI/c1-8-23-16-11-14(2)9-10-15(16)12-20-17(19-5)21-13-18(3,4)22(6)7;/h9-11H,8,12-13H2,1-7H3,(H2,19,20,21);1H. The fourth-order valence-electron chi connectivity index (χ4n) is 1.96. The van der Waals surface area contributed by atoms with Crippen LogP contribution in [0.3, 0.4) is 0 Å². The molecule has 0 aliphatic carbocycles. The van der Waals surface area contributed by atoms with E-state index in [0.29, 0.717) is 13.2 Å². The van der Waals surface area contributed by atoms with Crippen molar-refractivity contribution in [1.29, 1.82) is 0 Å². The maximum atomic E-state index is 5.72. The molecule has 1 rings (SSSR count). The van der Waals surface area contributed by atoms with E-state index in [2.05, 4.69) is 73.6 Å². The third kappa shape index (κ3) is 7.25.